The topological polar surface area (TPSA) is 80.3 Å². The molecule has 0 fully saturated rings. The van der Waals surface area contributed by atoms with Crippen molar-refractivity contribution in [3.8, 4) is 0 Å². The molecule has 0 aromatic heterocycles. The van der Waals surface area contributed by atoms with Gasteiger partial charge >= 0.3 is 48.4 Å². The van der Waals surface area contributed by atoms with E-state index in [4.69, 9.17) is 0 Å². The Balaban J connectivity index is 0. The molecule has 1 aromatic rings. The quantitative estimate of drug-likeness (QED) is 0.438. The summed E-state index contributed by atoms with van der Waals surface area (Å²) in [6.45, 7) is 0. The van der Waals surface area contributed by atoms with E-state index in [-0.39, 0.29) is 59.5 Å². The molecule has 0 spiro atoms. The molecule has 0 saturated heterocycles. The fraction of sp³-hybridized carbons (Fsp3) is 0. The average molecular weight is 194 g/mol. The van der Waals surface area contributed by atoms with Gasteiger partial charge in [-0.15, -0.1) is 0 Å². The Morgan fingerprint density at radius 3 is 1.21 bits per heavy atom. The van der Waals surface area contributed by atoms with Gasteiger partial charge in [-0.1, -0.05) is 24.3 Å². The molecule has 0 bridgehead atoms. The van der Waals surface area contributed by atoms with E-state index in [1.54, 1.807) is 0 Å². The zero-order valence-electron chi connectivity index (χ0n) is 7.94. The Labute approximate surface area is 115 Å². The minimum absolute atomic E-state index is 0. The van der Waals surface area contributed by atoms with Gasteiger partial charge in [0.25, 0.3) is 0 Å². The number of carboxylic acid groups (broad SMARTS) is 2. The molecule has 0 N–H and O–H groups in total. The van der Waals surface area contributed by atoms with E-state index in [9.17, 15) is 19.8 Å². The molecule has 1 aromatic carbocycles. The number of carbonyl (C=O) groups is 2. The summed E-state index contributed by atoms with van der Waals surface area (Å²) >= 11 is 0. The van der Waals surface area contributed by atoms with Gasteiger partial charge in [-0.3, -0.25) is 0 Å². The van der Waals surface area contributed by atoms with Crippen molar-refractivity contribution in [3.05, 3.63) is 35.4 Å². The first-order valence-corrected chi connectivity index (χ1v) is 3.14. The zero-order valence-corrected chi connectivity index (χ0v) is 9.94. The number of carboxylic acids is 2. The van der Waals surface area contributed by atoms with Crippen LogP contribution in [0.5, 0.6) is 0 Å². The van der Waals surface area contributed by atoms with Crippen LogP contribution in [0.25, 0.3) is 0 Å². The van der Waals surface area contributed by atoms with Crippen molar-refractivity contribution < 1.29 is 68.2 Å². The molecule has 1 rings (SSSR count). The summed E-state index contributed by atoms with van der Waals surface area (Å²) in [7, 11) is 0. The smallest absolute Gasteiger partial charge is 0.545 e. The molecule has 0 aliphatic rings. The van der Waals surface area contributed by atoms with Crippen LogP contribution in [0.2, 0.25) is 0 Å². The monoisotopic (exact) mass is 194 g/mol. The van der Waals surface area contributed by atoms with Crippen molar-refractivity contribution in [2.75, 3.05) is 0 Å². The first-order valence-electron chi connectivity index (χ1n) is 3.14. The first-order chi connectivity index (χ1) is 5.61. The van der Waals surface area contributed by atoms with Crippen LogP contribution in [0, 0.1) is 0 Å². The Hall–Kier alpha value is -0.243. The summed E-state index contributed by atoms with van der Waals surface area (Å²) in [6.07, 6.45) is 0. The summed E-state index contributed by atoms with van der Waals surface area (Å²) in [5.74, 6) is -2.67. The van der Waals surface area contributed by atoms with Crippen LogP contribution in [-0.2, 0) is 0 Å². The third-order valence-electron chi connectivity index (χ3n) is 1.36. The van der Waals surface area contributed by atoms with Crippen LogP contribution in [0.15, 0.2) is 24.3 Å². The Bertz CT molecular complexity index is 290. The normalized spacial score (nSPS) is 8.00. The summed E-state index contributed by atoms with van der Waals surface area (Å²) in [5, 5.41) is 20.4. The largest absolute Gasteiger partial charge is 1.00 e. The molecule has 0 aliphatic carbocycles. The molecule has 0 atom stereocenters. The first kappa shape index (κ1) is 16.2. The van der Waals surface area contributed by atoms with Crippen LogP contribution < -0.4 is 58.6 Å². The van der Waals surface area contributed by atoms with E-state index in [0.717, 1.165) is 24.3 Å². The molecule has 62 valence electrons. The van der Waals surface area contributed by atoms with Crippen molar-refractivity contribution in [1.29, 1.82) is 0 Å². The maximum Gasteiger partial charge on any atom is 1.00 e. The van der Waals surface area contributed by atoms with Crippen LogP contribution in [0.4, 0.5) is 0 Å². The molecule has 0 amide bonds. The van der Waals surface area contributed by atoms with Gasteiger partial charge < -0.3 is 19.8 Å². The molecule has 0 heterocycles. The third kappa shape index (κ3) is 4.31. The molecule has 4 nitrogen and oxygen atoms in total. The van der Waals surface area contributed by atoms with Crippen molar-refractivity contribution in [3.63, 3.8) is 0 Å². The second-order valence-corrected chi connectivity index (χ2v) is 2.15. The molecule has 0 aliphatic heterocycles. The molecule has 0 unspecified atom stereocenters. The molecule has 6 heteroatoms. The fourth-order valence-corrected chi connectivity index (χ4v) is 0.742. The zero-order chi connectivity index (χ0) is 9.14. The summed E-state index contributed by atoms with van der Waals surface area (Å²) in [5.41, 5.74) is -0.111. The average Bonchev–Trinajstić information content (AvgIpc) is 2.04. The van der Waals surface area contributed by atoms with Crippen molar-refractivity contribution in [2.45, 2.75) is 0 Å². The fourth-order valence-electron chi connectivity index (χ4n) is 0.742. The minimum Gasteiger partial charge on any atom is -0.545 e. The van der Waals surface area contributed by atoms with E-state index >= 15 is 0 Å². The van der Waals surface area contributed by atoms with Crippen LogP contribution in [0.1, 0.15) is 20.7 Å². The summed E-state index contributed by atoms with van der Waals surface area (Å²) < 4.78 is 0. The van der Waals surface area contributed by atoms with Gasteiger partial charge in [0.15, 0.2) is 0 Å². The van der Waals surface area contributed by atoms with E-state index in [1.807, 2.05) is 0 Å². The number of aromatic carboxylic acids is 2. The maximum atomic E-state index is 10.2. The number of rotatable bonds is 2. The molecule has 0 saturated carbocycles. The molecule has 14 heavy (non-hydrogen) atoms. The maximum absolute atomic E-state index is 10.2. The number of hydrogen-bond donors (Lipinski definition) is 0. The predicted molar refractivity (Wildman–Crippen MR) is 35.1 cm³/mol. The van der Waals surface area contributed by atoms with Crippen molar-refractivity contribution in [2.24, 2.45) is 0 Å². The van der Waals surface area contributed by atoms with Gasteiger partial charge in [0.2, 0.25) is 0 Å². The van der Waals surface area contributed by atoms with Gasteiger partial charge in [-0.2, -0.15) is 0 Å². The molecule has 0 radical (unpaired) electrons. The van der Waals surface area contributed by atoms with Crippen molar-refractivity contribution >= 4 is 11.9 Å². The van der Waals surface area contributed by atoms with Crippen LogP contribution in [-0.4, -0.2) is 11.9 Å². The number of carbonyl (C=O) groups excluding carboxylic acids is 2. The SMILES string of the molecule is O=C([O-])c1ccc(C(=O)[O-])cc1.[Li+].[Na+]. The Morgan fingerprint density at radius 2 is 1.07 bits per heavy atom. The number of hydrogen-bond acceptors (Lipinski definition) is 4. The van der Waals surface area contributed by atoms with E-state index in [2.05, 4.69) is 0 Å². The number of benzene rings is 1. The second-order valence-electron chi connectivity index (χ2n) is 2.15. The van der Waals surface area contributed by atoms with E-state index in [0.29, 0.717) is 0 Å². The second kappa shape index (κ2) is 7.10. The Kier molecular flexibility index (Phi) is 8.22. The van der Waals surface area contributed by atoms with Crippen LogP contribution in [0.3, 0.4) is 0 Å². The predicted octanol–water partition coefficient (Wildman–Crippen LogP) is -7.58. The summed E-state index contributed by atoms with van der Waals surface area (Å²) in [6, 6.07) is 4.61. The summed E-state index contributed by atoms with van der Waals surface area (Å²) in [4.78, 5) is 20.4. The minimum atomic E-state index is -1.33. The standard InChI is InChI=1S/C8H6O4.Li.Na/c9-7(10)5-1-2-6(4-3-5)8(11)12;;/h1-4H,(H,9,10)(H,11,12);;/q;2*+1/p-2. The van der Waals surface area contributed by atoms with Gasteiger partial charge in [-0.05, 0) is 11.1 Å². The van der Waals surface area contributed by atoms with Gasteiger partial charge in [0, 0.05) is 0 Å². The third-order valence-corrected chi connectivity index (χ3v) is 1.36. The van der Waals surface area contributed by atoms with E-state index < -0.39 is 11.9 Å². The Morgan fingerprint density at radius 1 is 0.857 bits per heavy atom. The molecular weight excluding hydrogens is 190 g/mol. The van der Waals surface area contributed by atoms with Gasteiger partial charge in [-0.25, -0.2) is 0 Å². The molecular formula is C8H4LiNaO4. The van der Waals surface area contributed by atoms with E-state index in [1.165, 1.54) is 0 Å². The van der Waals surface area contributed by atoms with Crippen molar-refractivity contribution in [1.82, 2.24) is 0 Å². The van der Waals surface area contributed by atoms with Gasteiger partial charge in [0.1, 0.15) is 0 Å². The van der Waals surface area contributed by atoms with Crippen LogP contribution >= 0.6 is 0 Å². The van der Waals surface area contributed by atoms with Gasteiger partial charge in [0.05, 0.1) is 11.9 Å².